The van der Waals surface area contributed by atoms with E-state index in [9.17, 15) is 0 Å². The summed E-state index contributed by atoms with van der Waals surface area (Å²) < 4.78 is 0. The number of nitrogens with zero attached hydrogens (tertiary/aromatic N) is 1. The molecule has 0 aliphatic rings. The van der Waals surface area contributed by atoms with Gasteiger partial charge in [-0.25, -0.2) is 0 Å². The summed E-state index contributed by atoms with van der Waals surface area (Å²) in [4.78, 5) is 2.16. The minimum atomic E-state index is 0. The van der Waals surface area contributed by atoms with Crippen LogP contribution in [0.2, 0.25) is 0 Å². The average Bonchev–Trinajstić information content (AvgIpc) is 2.08. The van der Waals surface area contributed by atoms with E-state index in [1.807, 2.05) is 0 Å². The Hall–Kier alpha value is -0.280. The molecule has 1 aromatic carbocycles. The second-order valence-electron chi connectivity index (χ2n) is 3.59. The molecule has 4 heteroatoms. The van der Waals surface area contributed by atoms with Crippen LogP contribution in [0.3, 0.4) is 0 Å². The molecular weight excluding hydrogens is 231 g/mol. The van der Waals surface area contributed by atoms with Gasteiger partial charge in [0.25, 0.3) is 0 Å². The first-order valence-corrected chi connectivity index (χ1v) is 4.65. The molecule has 0 fully saturated rings. The first-order valence-electron chi connectivity index (χ1n) is 4.65. The number of hydrogen-bond donors (Lipinski definition) is 1. The smallest absolute Gasteiger partial charge is 0.0227 e. The lowest BCUT2D eigenvalue weighted by Crippen LogP contribution is -2.10. The van der Waals surface area contributed by atoms with Crippen LogP contribution in [0.25, 0.3) is 0 Å². The van der Waals surface area contributed by atoms with Gasteiger partial charge in [0.15, 0.2) is 0 Å². The first-order chi connectivity index (χ1) is 6.22. The summed E-state index contributed by atoms with van der Waals surface area (Å²) in [5.41, 5.74) is 8.15. The van der Waals surface area contributed by atoms with Gasteiger partial charge in [-0.3, -0.25) is 0 Å². The molecule has 0 saturated carbocycles. The molecule has 0 aromatic heterocycles. The van der Waals surface area contributed by atoms with Crippen LogP contribution in [0.4, 0.5) is 0 Å². The van der Waals surface area contributed by atoms with Gasteiger partial charge in [0.1, 0.15) is 0 Å². The maximum absolute atomic E-state index is 5.47. The van der Waals surface area contributed by atoms with Crippen molar-refractivity contribution >= 4 is 24.8 Å². The molecule has 0 aliphatic carbocycles. The van der Waals surface area contributed by atoms with Crippen molar-refractivity contribution in [3.05, 3.63) is 35.4 Å². The summed E-state index contributed by atoms with van der Waals surface area (Å²) in [5.74, 6) is 0. The minimum absolute atomic E-state index is 0. The van der Waals surface area contributed by atoms with E-state index >= 15 is 0 Å². The summed E-state index contributed by atoms with van der Waals surface area (Å²) in [7, 11) is 4.15. The molecule has 2 N–H and O–H groups in total. The van der Waals surface area contributed by atoms with Gasteiger partial charge in [-0.05, 0) is 38.2 Å². The Kier molecular flexibility index (Phi) is 10.3. The molecule has 1 aromatic rings. The van der Waals surface area contributed by atoms with E-state index in [1.54, 1.807) is 0 Å². The molecule has 2 nitrogen and oxygen atoms in total. The largest absolute Gasteiger partial charge is 0.330 e. The monoisotopic (exact) mass is 250 g/mol. The van der Waals surface area contributed by atoms with Crippen LogP contribution in [0.1, 0.15) is 11.1 Å². The zero-order valence-electron chi connectivity index (χ0n) is 9.27. The summed E-state index contributed by atoms with van der Waals surface area (Å²) in [6, 6.07) is 8.66. The molecule has 0 atom stereocenters. The quantitative estimate of drug-likeness (QED) is 0.887. The zero-order valence-corrected chi connectivity index (χ0v) is 10.9. The molecule has 0 unspecified atom stereocenters. The van der Waals surface area contributed by atoms with Crippen molar-refractivity contribution < 1.29 is 0 Å². The maximum Gasteiger partial charge on any atom is 0.0227 e. The van der Waals surface area contributed by atoms with Crippen molar-refractivity contribution in [3.63, 3.8) is 0 Å². The van der Waals surface area contributed by atoms with Crippen LogP contribution in [-0.4, -0.2) is 25.5 Å². The molecule has 0 radical (unpaired) electrons. The normalized spacial score (nSPS) is 9.33. The van der Waals surface area contributed by atoms with E-state index < -0.39 is 0 Å². The molecule has 88 valence electrons. The zero-order chi connectivity index (χ0) is 9.68. The average molecular weight is 251 g/mol. The molecule has 0 spiro atoms. The van der Waals surface area contributed by atoms with E-state index in [0.717, 1.165) is 19.5 Å². The first kappa shape index (κ1) is 17.1. The summed E-state index contributed by atoms with van der Waals surface area (Å²) in [6.45, 7) is 1.73. The molecule has 15 heavy (non-hydrogen) atoms. The summed E-state index contributed by atoms with van der Waals surface area (Å²) in [6.07, 6.45) is 0.974. The van der Waals surface area contributed by atoms with Gasteiger partial charge in [-0.2, -0.15) is 0 Å². The Labute approximate surface area is 105 Å². The van der Waals surface area contributed by atoms with Crippen LogP contribution in [-0.2, 0) is 13.0 Å². The lowest BCUT2D eigenvalue weighted by atomic mass is 10.1. The van der Waals surface area contributed by atoms with E-state index in [-0.39, 0.29) is 24.8 Å². The lowest BCUT2D eigenvalue weighted by Gasteiger charge is -2.09. The molecule has 1 rings (SSSR count). The highest BCUT2D eigenvalue weighted by Gasteiger charge is 1.95. The van der Waals surface area contributed by atoms with Crippen molar-refractivity contribution in [1.29, 1.82) is 0 Å². The van der Waals surface area contributed by atoms with E-state index in [2.05, 4.69) is 43.3 Å². The number of benzene rings is 1. The van der Waals surface area contributed by atoms with Gasteiger partial charge in [0.05, 0.1) is 0 Å². The van der Waals surface area contributed by atoms with Gasteiger partial charge >= 0.3 is 0 Å². The molecule has 0 saturated heterocycles. The Bertz CT molecular complexity index is 247. The molecular formula is C11H20Cl2N2. The van der Waals surface area contributed by atoms with Gasteiger partial charge in [0.2, 0.25) is 0 Å². The SMILES string of the molecule is CN(C)Cc1ccc(CCN)cc1.Cl.Cl. The van der Waals surface area contributed by atoms with Gasteiger partial charge in [0, 0.05) is 6.54 Å². The second-order valence-corrected chi connectivity index (χ2v) is 3.59. The predicted molar refractivity (Wildman–Crippen MR) is 71.1 cm³/mol. The van der Waals surface area contributed by atoms with Crippen LogP contribution in [0.5, 0.6) is 0 Å². The van der Waals surface area contributed by atoms with Crippen LogP contribution in [0.15, 0.2) is 24.3 Å². The second kappa shape index (κ2) is 8.98. The van der Waals surface area contributed by atoms with Crippen LogP contribution < -0.4 is 5.73 Å². The Morgan fingerprint density at radius 2 is 1.47 bits per heavy atom. The highest BCUT2D eigenvalue weighted by atomic mass is 35.5. The third kappa shape index (κ3) is 6.74. The lowest BCUT2D eigenvalue weighted by molar-refractivity contribution is 0.402. The molecule has 0 aliphatic heterocycles. The van der Waals surface area contributed by atoms with Gasteiger partial charge in [-0.1, -0.05) is 24.3 Å². The molecule has 0 heterocycles. The standard InChI is InChI=1S/C11H18N2.2ClH/c1-13(2)9-11-5-3-10(4-6-11)7-8-12;;/h3-6H,7-9,12H2,1-2H3;2*1H. The number of halogens is 2. The van der Waals surface area contributed by atoms with Crippen molar-refractivity contribution in [2.45, 2.75) is 13.0 Å². The predicted octanol–water partition coefficient (Wildman–Crippen LogP) is 2.09. The topological polar surface area (TPSA) is 29.3 Å². The van der Waals surface area contributed by atoms with Gasteiger partial charge < -0.3 is 10.6 Å². The van der Waals surface area contributed by atoms with Crippen LogP contribution >= 0.6 is 24.8 Å². The molecule has 0 amide bonds. The number of nitrogens with two attached hydrogens (primary N) is 1. The van der Waals surface area contributed by atoms with E-state index in [4.69, 9.17) is 5.73 Å². The number of hydrogen-bond acceptors (Lipinski definition) is 2. The fourth-order valence-corrected chi connectivity index (χ4v) is 1.34. The van der Waals surface area contributed by atoms with Crippen molar-refractivity contribution in [2.75, 3.05) is 20.6 Å². The van der Waals surface area contributed by atoms with Crippen molar-refractivity contribution in [1.82, 2.24) is 4.90 Å². The van der Waals surface area contributed by atoms with Crippen LogP contribution in [0, 0.1) is 0 Å². The van der Waals surface area contributed by atoms with Gasteiger partial charge in [-0.15, -0.1) is 24.8 Å². The highest BCUT2D eigenvalue weighted by Crippen LogP contribution is 2.06. The number of rotatable bonds is 4. The minimum Gasteiger partial charge on any atom is -0.330 e. The Morgan fingerprint density at radius 1 is 1.00 bits per heavy atom. The van der Waals surface area contributed by atoms with E-state index in [1.165, 1.54) is 11.1 Å². The third-order valence-corrected chi connectivity index (χ3v) is 1.95. The maximum atomic E-state index is 5.47. The van der Waals surface area contributed by atoms with Crippen molar-refractivity contribution in [3.8, 4) is 0 Å². The summed E-state index contributed by atoms with van der Waals surface area (Å²) in [5, 5.41) is 0. The summed E-state index contributed by atoms with van der Waals surface area (Å²) >= 11 is 0. The van der Waals surface area contributed by atoms with E-state index in [0.29, 0.717) is 0 Å². The Balaban J connectivity index is 0. The fourth-order valence-electron chi connectivity index (χ4n) is 1.34. The third-order valence-electron chi connectivity index (χ3n) is 1.95. The Morgan fingerprint density at radius 3 is 1.87 bits per heavy atom. The highest BCUT2D eigenvalue weighted by molar-refractivity contribution is 5.85. The van der Waals surface area contributed by atoms with Crippen molar-refractivity contribution in [2.24, 2.45) is 5.73 Å². The molecule has 0 bridgehead atoms. The fraction of sp³-hybridized carbons (Fsp3) is 0.455.